The standard InChI is InChI=1S/C20H28N4O2/c21-20(25)15-24-14-16(18-3-1-2-4-19(18)24)13-22-7-5-17(6-8-22)23-9-11-26-12-10-23/h1-4,14,17H,5-13,15H2,(H2,21,25). The first kappa shape index (κ1) is 17.5. The Labute approximate surface area is 154 Å². The van der Waals surface area contributed by atoms with Gasteiger partial charge in [0.05, 0.1) is 13.2 Å². The summed E-state index contributed by atoms with van der Waals surface area (Å²) < 4.78 is 7.45. The molecule has 0 saturated carbocycles. The highest BCUT2D eigenvalue weighted by Gasteiger charge is 2.26. The number of amides is 1. The number of hydrogen-bond donors (Lipinski definition) is 1. The van der Waals surface area contributed by atoms with Crippen LogP contribution in [0.15, 0.2) is 30.5 Å². The Bertz CT molecular complexity index is 758. The van der Waals surface area contributed by atoms with Crippen molar-refractivity contribution >= 4 is 16.8 Å². The second-order valence-corrected chi connectivity index (χ2v) is 7.42. The molecule has 2 fully saturated rings. The molecule has 1 aromatic carbocycles. The Balaban J connectivity index is 1.42. The number of fused-ring (bicyclic) bond motifs is 1. The van der Waals surface area contributed by atoms with Gasteiger partial charge < -0.3 is 15.0 Å². The highest BCUT2D eigenvalue weighted by molar-refractivity contribution is 5.85. The second-order valence-electron chi connectivity index (χ2n) is 7.42. The molecule has 3 heterocycles. The van der Waals surface area contributed by atoms with Crippen molar-refractivity contribution in [2.75, 3.05) is 39.4 Å². The first-order valence-electron chi connectivity index (χ1n) is 9.60. The summed E-state index contributed by atoms with van der Waals surface area (Å²) in [6.07, 6.45) is 4.54. The van der Waals surface area contributed by atoms with E-state index in [0.717, 1.165) is 51.5 Å². The van der Waals surface area contributed by atoms with E-state index in [4.69, 9.17) is 10.5 Å². The Morgan fingerprint density at radius 1 is 1.12 bits per heavy atom. The molecule has 2 aromatic rings. The molecular weight excluding hydrogens is 328 g/mol. The van der Waals surface area contributed by atoms with Crippen LogP contribution in [0.2, 0.25) is 0 Å². The van der Waals surface area contributed by atoms with E-state index >= 15 is 0 Å². The van der Waals surface area contributed by atoms with Crippen molar-refractivity contribution in [2.24, 2.45) is 5.73 Å². The number of aromatic nitrogens is 1. The van der Waals surface area contributed by atoms with Gasteiger partial charge in [0.2, 0.25) is 5.91 Å². The van der Waals surface area contributed by atoms with Gasteiger partial charge in [0.25, 0.3) is 0 Å². The lowest BCUT2D eigenvalue weighted by Gasteiger charge is -2.40. The van der Waals surface area contributed by atoms with Gasteiger partial charge in [0.15, 0.2) is 0 Å². The maximum absolute atomic E-state index is 11.4. The maximum atomic E-state index is 11.4. The van der Waals surface area contributed by atoms with Gasteiger partial charge in [0.1, 0.15) is 6.54 Å². The van der Waals surface area contributed by atoms with Crippen LogP contribution in [0.5, 0.6) is 0 Å². The van der Waals surface area contributed by atoms with Crippen LogP contribution in [0.3, 0.4) is 0 Å². The Morgan fingerprint density at radius 3 is 2.58 bits per heavy atom. The Morgan fingerprint density at radius 2 is 1.85 bits per heavy atom. The summed E-state index contributed by atoms with van der Waals surface area (Å²) in [7, 11) is 0. The molecule has 6 nitrogen and oxygen atoms in total. The van der Waals surface area contributed by atoms with Crippen molar-refractivity contribution in [1.82, 2.24) is 14.4 Å². The minimum atomic E-state index is -0.302. The summed E-state index contributed by atoms with van der Waals surface area (Å²) in [5.74, 6) is -0.302. The highest BCUT2D eigenvalue weighted by Crippen LogP contribution is 2.25. The number of hydrogen-bond acceptors (Lipinski definition) is 4. The quantitative estimate of drug-likeness (QED) is 0.880. The number of ether oxygens (including phenoxy) is 1. The van der Waals surface area contributed by atoms with Gasteiger partial charge in [-0.3, -0.25) is 14.6 Å². The topological polar surface area (TPSA) is 63.7 Å². The molecule has 2 aliphatic rings. The van der Waals surface area contributed by atoms with Gasteiger partial charge in [0, 0.05) is 42.8 Å². The van der Waals surface area contributed by atoms with Crippen molar-refractivity contribution in [2.45, 2.75) is 32.0 Å². The summed E-state index contributed by atoms with van der Waals surface area (Å²) in [6, 6.07) is 8.98. The van der Waals surface area contributed by atoms with Crippen molar-refractivity contribution in [3.63, 3.8) is 0 Å². The zero-order valence-electron chi connectivity index (χ0n) is 15.3. The molecule has 1 amide bonds. The highest BCUT2D eigenvalue weighted by atomic mass is 16.5. The van der Waals surface area contributed by atoms with Crippen molar-refractivity contribution in [3.05, 3.63) is 36.0 Å². The number of likely N-dealkylation sites (tertiary alicyclic amines) is 1. The lowest BCUT2D eigenvalue weighted by Crippen LogP contribution is -2.48. The van der Waals surface area contributed by atoms with E-state index in [9.17, 15) is 4.79 Å². The lowest BCUT2D eigenvalue weighted by molar-refractivity contribution is -0.118. The number of benzene rings is 1. The van der Waals surface area contributed by atoms with E-state index in [1.807, 2.05) is 10.6 Å². The largest absolute Gasteiger partial charge is 0.379 e. The van der Waals surface area contributed by atoms with Crippen molar-refractivity contribution < 1.29 is 9.53 Å². The number of nitrogens with two attached hydrogens (primary N) is 1. The van der Waals surface area contributed by atoms with E-state index in [2.05, 4.69) is 34.2 Å². The predicted molar refractivity (Wildman–Crippen MR) is 102 cm³/mol. The fourth-order valence-corrected chi connectivity index (χ4v) is 4.37. The van der Waals surface area contributed by atoms with Gasteiger partial charge in [-0.25, -0.2) is 0 Å². The predicted octanol–water partition coefficient (Wildman–Crippen LogP) is 1.42. The van der Waals surface area contributed by atoms with E-state index in [-0.39, 0.29) is 12.5 Å². The van der Waals surface area contributed by atoms with Crippen molar-refractivity contribution in [1.29, 1.82) is 0 Å². The number of nitrogens with zero attached hydrogens (tertiary/aromatic N) is 3. The third kappa shape index (κ3) is 3.77. The van der Waals surface area contributed by atoms with E-state index in [1.165, 1.54) is 23.8 Å². The van der Waals surface area contributed by atoms with E-state index < -0.39 is 0 Å². The molecule has 1 aromatic heterocycles. The molecule has 26 heavy (non-hydrogen) atoms. The van der Waals surface area contributed by atoms with Gasteiger partial charge in [-0.05, 0) is 37.6 Å². The first-order chi connectivity index (χ1) is 12.7. The zero-order valence-corrected chi connectivity index (χ0v) is 15.3. The summed E-state index contributed by atoms with van der Waals surface area (Å²) in [6.45, 7) is 7.31. The fraction of sp³-hybridized carbons (Fsp3) is 0.550. The molecule has 0 aliphatic carbocycles. The van der Waals surface area contributed by atoms with Crippen molar-refractivity contribution in [3.8, 4) is 0 Å². The molecule has 0 unspecified atom stereocenters. The molecule has 140 valence electrons. The number of carbonyl (C=O) groups is 1. The third-order valence-corrected chi connectivity index (χ3v) is 5.71. The lowest BCUT2D eigenvalue weighted by atomic mass is 10.0. The molecule has 0 spiro atoms. The molecule has 4 rings (SSSR count). The SMILES string of the molecule is NC(=O)Cn1cc(CN2CCC(N3CCOCC3)CC2)c2ccccc21. The molecule has 0 radical (unpaired) electrons. The normalized spacial score (nSPS) is 20.6. The Hall–Kier alpha value is -1.89. The summed E-state index contributed by atoms with van der Waals surface area (Å²) in [5.41, 5.74) is 7.78. The van der Waals surface area contributed by atoms with E-state index in [0.29, 0.717) is 6.04 Å². The van der Waals surface area contributed by atoms with E-state index in [1.54, 1.807) is 0 Å². The maximum Gasteiger partial charge on any atom is 0.237 e. The molecular formula is C20H28N4O2. The third-order valence-electron chi connectivity index (χ3n) is 5.71. The molecule has 6 heteroatoms. The Kier molecular flexibility index (Phi) is 5.24. The van der Waals surface area contributed by atoms with Crippen LogP contribution in [0.1, 0.15) is 18.4 Å². The summed E-state index contributed by atoms with van der Waals surface area (Å²) >= 11 is 0. The fourth-order valence-electron chi connectivity index (χ4n) is 4.37. The smallest absolute Gasteiger partial charge is 0.237 e. The molecule has 0 atom stereocenters. The number of primary amides is 1. The summed E-state index contributed by atoms with van der Waals surface area (Å²) in [4.78, 5) is 16.5. The zero-order chi connectivity index (χ0) is 17.9. The van der Waals surface area contributed by atoms with Gasteiger partial charge >= 0.3 is 0 Å². The van der Waals surface area contributed by atoms with Crippen LogP contribution in [-0.2, 0) is 22.6 Å². The van der Waals surface area contributed by atoms with Crippen LogP contribution >= 0.6 is 0 Å². The number of rotatable bonds is 5. The number of para-hydroxylation sites is 1. The van der Waals surface area contributed by atoms with Gasteiger partial charge in [-0.15, -0.1) is 0 Å². The minimum Gasteiger partial charge on any atom is -0.379 e. The first-order valence-corrected chi connectivity index (χ1v) is 9.60. The van der Waals surface area contributed by atoms with Crippen LogP contribution in [0, 0.1) is 0 Å². The summed E-state index contributed by atoms with van der Waals surface area (Å²) in [5, 5.41) is 1.23. The number of piperidine rings is 1. The van der Waals surface area contributed by atoms with Crippen LogP contribution in [-0.4, -0.2) is 65.7 Å². The molecule has 2 saturated heterocycles. The number of carbonyl (C=O) groups excluding carboxylic acids is 1. The average Bonchev–Trinajstić information content (AvgIpc) is 3.00. The number of morpholine rings is 1. The monoisotopic (exact) mass is 356 g/mol. The second kappa shape index (κ2) is 7.78. The van der Waals surface area contributed by atoms with Crippen LogP contribution in [0.25, 0.3) is 10.9 Å². The van der Waals surface area contributed by atoms with Crippen LogP contribution in [0.4, 0.5) is 0 Å². The molecule has 0 bridgehead atoms. The van der Waals surface area contributed by atoms with Gasteiger partial charge in [-0.1, -0.05) is 18.2 Å². The average molecular weight is 356 g/mol. The van der Waals surface area contributed by atoms with Crippen LogP contribution < -0.4 is 5.73 Å². The minimum absolute atomic E-state index is 0.236. The molecule has 2 N–H and O–H groups in total. The van der Waals surface area contributed by atoms with Gasteiger partial charge in [-0.2, -0.15) is 0 Å². The molecule has 2 aliphatic heterocycles.